The lowest BCUT2D eigenvalue weighted by Crippen LogP contribution is -2.56. The number of methoxy groups -OCH3 is 1. The maximum atomic E-state index is 15.7. The predicted octanol–water partition coefficient (Wildman–Crippen LogP) is 10.0. The fourth-order valence-corrected chi connectivity index (χ4v) is 11.7. The molecule has 1 aromatic heterocycles. The summed E-state index contributed by atoms with van der Waals surface area (Å²) < 4.78 is 20.3. The number of hydrogen-bond donors (Lipinski definition) is 0. The quantitative estimate of drug-likeness (QED) is 0.0512. The number of ether oxygens (including phenoxy) is 2. The van der Waals surface area contributed by atoms with Crippen LogP contribution in [0.3, 0.4) is 0 Å². The lowest BCUT2D eigenvalue weighted by Gasteiger charge is -2.51. The van der Waals surface area contributed by atoms with E-state index in [4.69, 9.17) is 13.9 Å². The molecule has 0 saturated carbocycles. The summed E-state index contributed by atoms with van der Waals surface area (Å²) in [5.74, 6) is -2.06. The molecule has 52 heavy (non-hydrogen) atoms. The number of benzene rings is 3. The average molecular weight is 779 g/mol. The number of hydrogen-bond acceptors (Lipinski definition) is 8. The highest BCUT2D eigenvalue weighted by Gasteiger charge is 2.57. The maximum absolute atomic E-state index is 15.7. The van der Waals surface area contributed by atoms with E-state index in [0.717, 1.165) is 27.6 Å². The normalized spacial score (nSPS) is 19.2. The van der Waals surface area contributed by atoms with Crippen LogP contribution in [-0.4, -0.2) is 65.6 Å². The number of esters is 1. The zero-order chi connectivity index (χ0) is 37.7. The minimum absolute atomic E-state index is 0.0311. The van der Waals surface area contributed by atoms with Crippen molar-refractivity contribution < 1.29 is 23.5 Å². The molecule has 0 radical (unpaired) electrons. The predicted molar refractivity (Wildman–Crippen MR) is 222 cm³/mol. The van der Waals surface area contributed by atoms with E-state index in [1.54, 1.807) is 42.4 Å². The fraction of sp³-hybridized carbons (Fsp3) is 0.463. The highest BCUT2D eigenvalue weighted by Crippen LogP contribution is 2.58. The Kier molecular flexibility index (Phi) is 13.4. The second-order valence-corrected chi connectivity index (χ2v) is 23.6. The molecule has 0 bridgehead atoms. The highest BCUT2D eigenvalue weighted by atomic mass is 32.3. The molecule has 5 rings (SSSR count). The summed E-state index contributed by atoms with van der Waals surface area (Å²) in [4.78, 5) is 32.2. The van der Waals surface area contributed by atoms with Gasteiger partial charge >= 0.3 is 5.97 Å². The van der Waals surface area contributed by atoms with Crippen LogP contribution in [0.2, 0.25) is 18.1 Å². The Hall–Kier alpha value is -2.67. The number of aromatic nitrogens is 1. The van der Waals surface area contributed by atoms with Crippen LogP contribution < -0.4 is 0 Å². The lowest BCUT2D eigenvalue weighted by atomic mass is 9.78. The first-order valence-electron chi connectivity index (χ1n) is 17.8. The summed E-state index contributed by atoms with van der Waals surface area (Å²) in [6.45, 7) is 12.0. The van der Waals surface area contributed by atoms with E-state index in [-0.39, 0.29) is 29.5 Å². The van der Waals surface area contributed by atoms with E-state index in [1.807, 2.05) is 65.6 Å². The molecule has 1 aliphatic heterocycles. The summed E-state index contributed by atoms with van der Waals surface area (Å²) in [5.41, 5.74) is 3.92. The third-order valence-electron chi connectivity index (χ3n) is 10.9. The Labute approximate surface area is 324 Å². The zero-order valence-electron chi connectivity index (χ0n) is 32.0. The smallest absolute Gasteiger partial charge is 0.319 e. The van der Waals surface area contributed by atoms with Gasteiger partial charge in [-0.3, -0.25) is 9.59 Å². The van der Waals surface area contributed by atoms with Gasteiger partial charge in [-0.05, 0) is 60.5 Å². The molecule has 0 aliphatic carbocycles. The molecule has 1 aliphatic rings. The summed E-state index contributed by atoms with van der Waals surface area (Å²) in [7, 11) is -0.553. The first-order valence-corrected chi connectivity index (χ1v) is 24.3. The first kappa shape index (κ1) is 40.5. The monoisotopic (exact) mass is 778 g/mol. The van der Waals surface area contributed by atoms with Gasteiger partial charge < -0.3 is 23.4 Å². The van der Waals surface area contributed by atoms with Gasteiger partial charge in [-0.15, -0.1) is 35.3 Å². The number of likely N-dealkylation sites (tertiary alicyclic amines) is 1. The first-order chi connectivity index (χ1) is 24.8. The molecule has 1 amide bonds. The number of para-hydroxylation sites is 1. The summed E-state index contributed by atoms with van der Waals surface area (Å²) >= 11 is 5.10. The van der Waals surface area contributed by atoms with Gasteiger partial charge in [0.2, 0.25) is 5.91 Å². The molecule has 2 heterocycles. The zero-order valence-corrected chi connectivity index (χ0v) is 35.4. The Morgan fingerprint density at radius 1 is 0.904 bits per heavy atom. The number of amides is 1. The highest BCUT2D eigenvalue weighted by molar-refractivity contribution is 8.33. The van der Waals surface area contributed by atoms with Gasteiger partial charge in [0, 0.05) is 30.2 Å². The number of nitrogens with zero attached hydrogens (tertiary/aromatic N) is 2. The average Bonchev–Trinajstić information content (AvgIpc) is 3.51. The van der Waals surface area contributed by atoms with Crippen LogP contribution in [0.25, 0.3) is 10.9 Å². The number of carbonyl (C=O) groups excluding carboxylic acids is 2. The van der Waals surface area contributed by atoms with Crippen LogP contribution in [0.4, 0.5) is 0 Å². The standard InChI is InChI=1S/C41H54N2O5S3Si/c1-40(2,3)52(8,9)48-27-36(30-20-14-11-15-21-30)43-35(32-25-42(28-46-4)34-23-17-16-22-31(32)34)24-33(41(49-5,50-6)51-7)37(38(43)44)39(45)47-26-29-18-12-10-13-19-29/h10-23,25,33,35-37H,24,26-28H2,1-9H3/t33-,35+,36+,37+/m1/s1. The molecule has 11 heteroatoms. The van der Waals surface area contributed by atoms with Crippen LogP contribution in [-0.2, 0) is 36.8 Å². The van der Waals surface area contributed by atoms with Gasteiger partial charge in [0.25, 0.3) is 0 Å². The Bertz CT molecular complexity index is 1780. The molecule has 7 nitrogen and oxygen atoms in total. The van der Waals surface area contributed by atoms with Gasteiger partial charge in [0.1, 0.15) is 22.7 Å². The molecule has 0 unspecified atom stereocenters. The number of carbonyl (C=O) groups is 2. The number of rotatable bonds is 15. The van der Waals surface area contributed by atoms with Crippen LogP contribution in [0.15, 0.2) is 91.1 Å². The Morgan fingerprint density at radius 2 is 1.50 bits per heavy atom. The fourth-order valence-electron chi connectivity index (χ4n) is 7.06. The van der Waals surface area contributed by atoms with Gasteiger partial charge in [0.15, 0.2) is 8.32 Å². The molecule has 4 atom stereocenters. The van der Waals surface area contributed by atoms with Crippen LogP contribution in [0.1, 0.15) is 56.0 Å². The van der Waals surface area contributed by atoms with Crippen molar-refractivity contribution in [2.45, 2.75) is 74.2 Å². The van der Waals surface area contributed by atoms with Crippen LogP contribution in [0, 0.1) is 11.8 Å². The van der Waals surface area contributed by atoms with Crippen LogP contribution >= 0.6 is 35.3 Å². The lowest BCUT2D eigenvalue weighted by molar-refractivity contribution is -0.167. The van der Waals surface area contributed by atoms with Crippen molar-refractivity contribution in [1.29, 1.82) is 0 Å². The molecule has 280 valence electrons. The largest absolute Gasteiger partial charge is 0.460 e. The molecule has 0 N–H and O–H groups in total. The van der Waals surface area contributed by atoms with E-state index in [0.29, 0.717) is 19.8 Å². The van der Waals surface area contributed by atoms with Crippen molar-refractivity contribution in [2.24, 2.45) is 11.8 Å². The molecule has 3 aromatic carbocycles. The van der Waals surface area contributed by atoms with Crippen molar-refractivity contribution in [3.63, 3.8) is 0 Å². The van der Waals surface area contributed by atoms with Crippen molar-refractivity contribution in [2.75, 3.05) is 32.5 Å². The molecule has 1 fully saturated rings. The second-order valence-electron chi connectivity index (χ2n) is 14.9. The number of fused-ring (bicyclic) bond motifs is 1. The molecular formula is C41H54N2O5S3Si. The second kappa shape index (κ2) is 17.2. The Balaban J connectivity index is 1.72. The van der Waals surface area contributed by atoms with E-state index >= 15 is 4.79 Å². The molecule has 1 saturated heterocycles. The minimum Gasteiger partial charge on any atom is -0.460 e. The molecule has 4 aromatic rings. The Morgan fingerprint density at radius 3 is 2.10 bits per heavy atom. The summed E-state index contributed by atoms with van der Waals surface area (Å²) in [6.07, 6.45) is 8.93. The molecular weight excluding hydrogens is 725 g/mol. The van der Waals surface area contributed by atoms with Crippen LogP contribution in [0.5, 0.6) is 0 Å². The van der Waals surface area contributed by atoms with Crippen molar-refractivity contribution in [1.82, 2.24) is 9.47 Å². The van der Waals surface area contributed by atoms with E-state index in [2.05, 4.69) is 87.7 Å². The maximum Gasteiger partial charge on any atom is 0.319 e. The van der Waals surface area contributed by atoms with Crippen molar-refractivity contribution in [3.05, 3.63) is 108 Å². The number of thioether (sulfide) groups is 3. The van der Waals surface area contributed by atoms with Crippen molar-refractivity contribution >= 4 is 66.4 Å². The van der Waals surface area contributed by atoms with Crippen molar-refractivity contribution in [3.8, 4) is 0 Å². The topological polar surface area (TPSA) is 70.0 Å². The van der Waals surface area contributed by atoms with Gasteiger partial charge in [-0.25, -0.2) is 0 Å². The summed E-state index contributed by atoms with van der Waals surface area (Å²) in [6, 6.07) is 27.3. The SMILES string of the molecule is COCn1cc([C@@H]2C[C@@H](C(SC)(SC)SC)[C@H](C(=O)OCc3ccccc3)C(=O)N2[C@@H](CO[Si](C)(C)C(C)(C)C)c2ccccc2)c2ccccc21. The van der Waals surface area contributed by atoms with Gasteiger partial charge in [-0.2, -0.15) is 0 Å². The van der Waals surface area contributed by atoms with E-state index in [9.17, 15) is 4.79 Å². The van der Waals surface area contributed by atoms with E-state index in [1.165, 1.54) is 0 Å². The number of piperidine rings is 1. The third kappa shape index (κ3) is 8.34. The third-order valence-corrected chi connectivity index (χ3v) is 21.0. The van der Waals surface area contributed by atoms with E-state index < -0.39 is 29.7 Å². The van der Waals surface area contributed by atoms with Gasteiger partial charge in [-0.1, -0.05) is 99.6 Å². The van der Waals surface area contributed by atoms with Gasteiger partial charge in [0.05, 0.1) is 24.2 Å². The minimum atomic E-state index is -2.25. The summed E-state index contributed by atoms with van der Waals surface area (Å²) in [5, 5.41) is 1.03. The molecule has 0 spiro atoms.